The van der Waals surface area contributed by atoms with Gasteiger partial charge in [-0.1, -0.05) is 122 Å². The Morgan fingerprint density at radius 3 is 2.04 bits per heavy atom. The summed E-state index contributed by atoms with van der Waals surface area (Å²) in [6, 6.07) is 34.0. The molecule has 7 aromatic rings. The average molecular weight is 866 g/mol. The van der Waals surface area contributed by atoms with E-state index in [2.05, 4.69) is 125 Å². The average Bonchev–Trinajstić information content (AvgIpc) is 3.70. The summed E-state index contributed by atoms with van der Waals surface area (Å²) in [5, 5.41) is 2.22. The van der Waals surface area contributed by atoms with Gasteiger partial charge >= 0.3 is 28.1 Å². The van der Waals surface area contributed by atoms with Crippen molar-refractivity contribution in [2.75, 3.05) is 0 Å². The molecule has 8 heteroatoms. The summed E-state index contributed by atoms with van der Waals surface area (Å²) in [7, 11) is -0.392. The van der Waals surface area contributed by atoms with E-state index in [1.165, 1.54) is 22.2 Å². The van der Waals surface area contributed by atoms with Crippen LogP contribution in [0.2, 0.25) is 0 Å². The molecule has 1 aliphatic heterocycles. The first-order valence-corrected chi connectivity index (χ1v) is 17.7. The summed E-state index contributed by atoms with van der Waals surface area (Å²) in [6.07, 6.45) is 5.67. The standard InChI is InChI=1S/C44H43BN4O2.Pt/c1-42(2,3)28-24-34(43(4,5)6)40(35(25-28)44(7,8)9)45-48-23-22-47-41(48)33-26-29(18-20-38(33)51-45)50-30-17-19-32-31-14-10-11-15-36(31)49(37(32)27-30)39-16-12-13-21-46-39;/h10-25H,1-9H3;/q-2;+2. The number of hydrogen-bond donors (Lipinski definition) is 0. The monoisotopic (exact) mass is 865 g/mol. The van der Waals surface area contributed by atoms with E-state index in [1.807, 2.05) is 61.1 Å². The van der Waals surface area contributed by atoms with Crippen molar-refractivity contribution in [2.24, 2.45) is 0 Å². The van der Waals surface area contributed by atoms with Gasteiger partial charge in [0.25, 0.3) is 0 Å². The van der Waals surface area contributed by atoms with Gasteiger partial charge < -0.3 is 18.4 Å². The number of rotatable bonds is 4. The van der Waals surface area contributed by atoms with Crippen LogP contribution in [0.1, 0.15) is 79.0 Å². The number of imidazole rings is 1. The maximum absolute atomic E-state index is 6.98. The summed E-state index contributed by atoms with van der Waals surface area (Å²) >= 11 is 0. The van der Waals surface area contributed by atoms with Crippen LogP contribution in [0.5, 0.6) is 17.2 Å². The van der Waals surface area contributed by atoms with Gasteiger partial charge in [0.2, 0.25) is 0 Å². The number of aromatic nitrogens is 4. The third-order valence-corrected chi connectivity index (χ3v) is 9.83. The van der Waals surface area contributed by atoms with Crippen molar-refractivity contribution < 1.29 is 30.5 Å². The first-order valence-electron chi connectivity index (χ1n) is 17.7. The molecule has 4 heterocycles. The molecule has 0 saturated carbocycles. The summed E-state index contributed by atoms with van der Waals surface area (Å²) in [6.45, 7) is 20.6. The molecule has 0 spiro atoms. The third-order valence-electron chi connectivity index (χ3n) is 9.83. The Labute approximate surface area is 321 Å². The number of ether oxygens (including phenoxy) is 1. The Kier molecular flexibility index (Phi) is 8.81. The number of pyridine rings is 1. The van der Waals surface area contributed by atoms with Crippen LogP contribution in [0.3, 0.4) is 0 Å². The van der Waals surface area contributed by atoms with Gasteiger partial charge in [-0.2, -0.15) is 6.07 Å². The zero-order valence-electron chi connectivity index (χ0n) is 31.2. The Morgan fingerprint density at radius 2 is 1.37 bits per heavy atom. The molecule has 0 N–H and O–H groups in total. The van der Waals surface area contributed by atoms with E-state index in [1.54, 1.807) is 0 Å². The molecular formula is C44H43BN4O2Pt. The van der Waals surface area contributed by atoms with Gasteiger partial charge in [-0.05, 0) is 62.0 Å². The Bertz CT molecular complexity index is 2410. The van der Waals surface area contributed by atoms with Gasteiger partial charge in [-0.15, -0.1) is 23.6 Å². The first-order chi connectivity index (χ1) is 24.2. The van der Waals surface area contributed by atoms with Gasteiger partial charge in [0.1, 0.15) is 5.82 Å². The van der Waals surface area contributed by atoms with Gasteiger partial charge in [-0.3, -0.25) is 4.98 Å². The molecule has 0 saturated heterocycles. The third kappa shape index (κ3) is 6.17. The van der Waals surface area contributed by atoms with Crippen LogP contribution in [0.15, 0.2) is 97.5 Å². The molecule has 8 rings (SSSR count). The quantitative estimate of drug-likeness (QED) is 0.131. The van der Waals surface area contributed by atoms with Crippen LogP contribution in [0, 0.1) is 12.1 Å². The molecule has 1 aliphatic rings. The molecule has 52 heavy (non-hydrogen) atoms. The summed E-state index contributed by atoms with van der Waals surface area (Å²) < 4.78 is 17.7. The minimum Gasteiger partial charge on any atom is -0.586 e. The van der Waals surface area contributed by atoms with Crippen molar-refractivity contribution in [3.05, 3.63) is 126 Å². The molecule has 3 aromatic heterocycles. The fourth-order valence-corrected chi connectivity index (χ4v) is 7.23. The number of fused-ring (bicyclic) bond motifs is 6. The van der Waals surface area contributed by atoms with Crippen molar-refractivity contribution in [3.8, 4) is 34.5 Å². The Hall–Kier alpha value is -4.61. The largest absolute Gasteiger partial charge is 2.00 e. The van der Waals surface area contributed by atoms with Crippen LogP contribution in [0.4, 0.5) is 0 Å². The van der Waals surface area contributed by atoms with Gasteiger partial charge in [0, 0.05) is 41.4 Å². The van der Waals surface area contributed by atoms with Gasteiger partial charge in [0.15, 0.2) is 0 Å². The van der Waals surface area contributed by atoms with E-state index < -0.39 is 7.05 Å². The summed E-state index contributed by atoms with van der Waals surface area (Å²) in [4.78, 5) is 9.50. The molecule has 0 amide bonds. The fourth-order valence-electron chi connectivity index (χ4n) is 7.23. The van der Waals surface area contributed by atoms with Crippen LogP contribution in [-0.4, -0.2) is 26.1 Å². The number of benzene rings is 4. The smallest absolute Gasteiger partial charge is 0.586 e. The van der Waals surface area contributed by atoms with Crippen molar-refractivity contribution >= 4 is 34.3 Å². The fraction of sp³-hybridized carbons (Fsp3) is 0.273. The summed E-state index contributed by atoms with van der Waals surface area (Å²) in [5.41, 5.74) is 7.57. The van der Waals surface area contributed by atoms with E-state index in [4.69, 9.17) is 14.4 Å². The van der Waals surface area contributed by atoms with Crippen molar-refractivity contribution in [1.29, 1.82) is 0 Å². The maximum Gasteiger partial charge on any atom is 2.00 e. The Balaban J connectivity index is 0.00000420. The molecule has 4 aromatic carbocycles. The number of hydrogen-bond acceptors (Lipinski definition) is 4. The molecule has 0 aliphatic carbocycles. The van der Waals surface area contributed by atoms with Gasteiger partial charge in [0.05, 0.1) is 5.82 Å². The molecule has 0 atom stereocenters. The predicted octanol–water partition coefficient (Wildman–Crippen LogP) is 9.96. The van der Waals surface area contributed by atoms with Crippen LogP contribution >= 0.6 is 0 Å². The maximum atomic E-state index is 6.98. The van der Waals surface area contributed by atoms with E-state index in [0.717, 1.165) is 44.8 Å². The SMILES string of the molecule is CC(C)(C)c1cc(C(C)(C)C)c(B2Oc3ccc(Oc4[c-]c5c(cc4)c4ccccc4n5-c4ccccn4)[c-]c3-c3nccn32)c(C(C)(C)C)c1.[Pt+2]. The van der Waals surface area contributed by atoms with Crippen LogP contribution in [0.25, 0.3) is 39.0 Å². The van der Waals surface area contributed by atoms with Crippen molar-refractivity contribution in [2.45, 2.75) is 78.6 Å². The Morgan fingerprint density at radius 1 is 0.692 bits per heavy atom. The van der Waals surface area contributed by atoms with E-state index >= 15 is 0 Å². The van der Waals surface area contributed by atoms with Crippen molar-refractivity contribution in [1.82, 2.24) is 19.0 Å². The molecule has 0 fully saturated rings. The van der Waals surface area contributed by atoms with Crippen LogP contribution in [-0.2, 0) is 37.3 Å². The predicted molar refractivity (Wildman–Crippen MR) is 208 cm³/mol. The first kappa shape index (κ1) is 35.8. The molecular weight excluding hydrogens is 822 g/mol. The van der Waals surface area contributed by atoms with E-state index in [9.17, 15) is 0 Å². The van der Waals surface area contributed by atoms with E-state index in [-0.39, 0.29) is 37.3 Å². The van der Waals surface area contributed by atoms with Crippen LogP contribution < -0.4 is 14.9 Å². The zero-order chi connectivity index (χ0) is 35.9. The number of nitrogens with zero attached hydrogens (tertiary/aromatic N) is 4. The molecule has 6 nitrogen and oxygen atoms in total. The molecule has 0 radical (unpaired) electrons. The molecule has 0 unspecified atom stereocenters. The van der Waals surface area contributed by atoms with Crippen molar-refractivity contribution in [3.63, 3.8) is 0 Å². The van der Waals surface area contributed by atoms with E-state index in [0.29, 0.717) is 11.5 Å². The second-order valence-corrected chi connectivity index (χ2v) is 16.7. The summed E-state index contributed by atoms with van der Waals surface area (Å²) in [5.74, 6) is 3.48. The second kappa shape index (κ2) is 12.8. The molecule has 0 bridgehead atoms. The minimum absolute atomic E-state index is 0. The normalized spacial score (nSPS) is 13.1. The van der Waals surface area contributed by atoms with Gasteiger partial charge in [-0.25, -0.2) is 4.98 Å². The minimum atomic E-state index is -0.392. The zero-order valence-corrected chi connectivity index (χ0v) is 33.5. The molecule has 264 valence electrons. The second-order valence-electron chi connectivity index (χ2n) is 16.7. The topological polar surface area (TPSA) is 54.1 Å². The number of para-hydroxylation sites is 1.